The number of rotatable bonds is 4. The standard InChI is InChI=1S/C22H29FN8O2/c1-13(2)31(25)20(28-24)18-6-5-7-19(26-18)27-21(32)16-10-15-12-30(22(33)29(3)4)9-8-14(15)11-17(16)23/h5-7,10-11,13H,8-9,12,24-25H2,1-4H3,(H,26,27,32)/b28-20-. The Morgan fingerprint density at radius 1 is 1.24 bits per heavy atom. The van der Waals surface area contributed by atoms with Gasteiger partial charge in [0, 0.05) is 33.2 Å². The number of benzene rings is 1. The molecule has 1 aliphatic heterocycles. The third kappa shape index (κ3) is 5.20. The number of fused-ring (bicyclic) bond motifs is 1. The number of carbonyl (C=O) groups is 2. The zero-order valence-corrected chi connectivity index (χ0v) is 19.2. The number of hydrazone groups is 1. The molecule has 0 saturated heterocycles. The van der Waals surface area contributed by atoms with Crippen LogP contribution in [-0.2, 0) is 13.0 Å². The lowest BCUT2D eigenvalue weighted by atomic mass is 9.96. The molecule has 0 aliphatic carbocycles. The van der Waals surface area contributed by atoms with Crippen molar-refractivity contribution in [3.05, 3.63) is 58.5 Å². The number of nitrogens with two attached hydrogens (primary N) is 2. The van der Waals surface area contributed by atoms with Crippen LogP contribution >= 0.6 is 0 Å². The van der Waals surface area contributed by atoms with Gasteiger partial charge in [-0.1, -0.05) is 6.07 Å². The number of hydrogen-bond donors (Lipinski definition) is 3. The first kappa shape index (κ1) is 23.9. The van der Waals surface area contributed by atoms with Gasteiger partial charge in [-0.15, -0.1) is 0 Å². The van der Waals surface area contributed by atoms with Crippen molar-refractivity contribution in [3.8, 4) is 0 Å². The van der Waals surface area contributed by atoms with Gasteiger partial charge >= 0.3 is 6.03 Å². The highest BCUT2D eigenvalue weighted by molar-refractivity contribution is 6.04. The monoisotopic (exact) mass is 456 g/mol. The Labute approximate surface area is 192 Å². The smallest absolute Gasteiger partial charge is 0.319 e. The largest absolute Gasteiger partial charge is 0.331 e. The van der Waals surface area contributed by atoms with Crippen molar-refractivity contribution in [2.45, 2.75) is 32.9 Å². The number of anilines is 1. The summed E-state index contributed by atoms with van der Waals surface area (Å²) in [6.07, 6.45) is 0.518. The molecule has 0 bridgehead atoms. The van der Waals surface area contributed by atoms with Gasteiger partial charge < -0.3 is 21.0 Å². The van der Waals surface area contributed by atoms with E-state index in [4.69, 9.17) is 11.7 Å². The zero-order valence-electron chi connectivity index (χ0n) is 19.2. The van der Waals surface area contributed by atoms with Crippen molar-refractivity contribution in [3.63, 3.8) is 0 Å². The molecule has 2 aromatic rings. The molecule has 0 atom stereocenters. The van der Waals surface area contributed by atoms with Crippen LogP contribution in [0.1, 0.15) is 41.0 Å². The number of amidine groups is 1. The Morgan fingerprint density at radius 2 is 1.97 bits per heavy atom. The van der Waals surface area contributed by atoms with Crippen LogP contribution in [0.2, 0.25) is 0 Å². The van der Waals surface area contributed by atoms with Crippen LogP contribution in [0.5, 0.6) is 0 Å². The Balaban J connectivity index is 1.83. The molecule has 2 heterocycles. The molecule has 10 nitrogen and oxygen atoms in total. The zero-order chi connectivity index (χ0) is 24.3. The molecule has 3 amide bonds. The van der Waals surface area contributed by atoms with Crippen molar-refractivity contribution < 1.29 is 14.0 Å². The van der Waals surface area contributed by atoms with Gasteiger partial charge in [-0.3, -0.25) is 9.80 Å². The summed E-state index contributed by atoms with van der Waals surface area (Å²) in [5, 5.41) is 7.67. The van der Waals surface area contributed by atoms with Crippen LogP contribution < -0.4 is 17.0 Å². The molecule has 0 fully saturated rings. The second kappa shape index (κ2) is 9.82. The average Bonchev–Trinajstić information content (AvgIpc) is 2.78. The molecule has 176 valence electrons. The van der Waals surface area contributed by atoms with E-state index < -0.39 is 11.7 Å². The fourth-order valence-corrected chi connectivity index (χ4v) is 3.52. The predicted molar refractivity (Wildman–Crippen MR) is 124 cm³/mol. The van der Waals surface area contributed by atoms with Crippen LogP contribution in [0.15, 0.2) is 35.4 Å². The van der Waals surface area contributed by atoms with Gasteiger partial charge in [0.15, 0.2) is 5.84 Å². The minimum atomic E-state index is -0.657. The third-order valence-corrected chi connectivity index (χ3v) is 5.34. The van der Waals surface area contributed by atoms with Crippen molar-refractivity contribution in [2.75, 3.05) is 26.0 Å². The Morgan fingerprint density at radius 3 is 2.61 bits per heavy atom. The molecule has 0 spiro atoms. The number of urea groups is 1. The van der Waals surface area contributed by atoms with Crippen molar-refractivity contribution in [1.82, 2.24) is 19.8 Å². The normalized spacial score (nSPS) is 13.5. The topological polar surface area (TPSA) is 133 Å². The van der Waals surface area contributed by atoms with E-state index >= 15 is 0 Å². The number of halogens is 1. The quantitative estimate of drug-likeness (QED) is 0.278. The molecular formula is C22H29FN8O2. The highest BCUT2D eigenvalue weighted by Gasteiger charge is 2.25. The molecule has 1 aliphatic rings. The lowest BCUT2D eigenvalue weighted by Crippen LogP contribution is -2.44. The van der Waals surface area contributed by atoms with E-state index in [0.717, 1.165) is 11.1 Å². The van der Waals surface area contributed by atoms with E-state index in [-0.39, 0.29) is 29.3 Å². The molecular weight excluding hydrogens is 427 g/mol. The summed E-state index contributed by atoms with van der Waals surface area (Å²) in [4.78, 5) is 32.7. The van der Waals surface area contributed by atoms with Gasteiger partial charge in [-0.25, -0.2) is 20.0 Å². The third-order valence-electron chi connectivity index (χ3n) is 5.34. The van der Waals surface area contributed by atoms with Gasteiger partial charge in [-0.2, -0.15) is 5.10 Å². The molecule has 5 N–H and O–H groups in total. The van der Waals surface area contributed by atoms with Crippen LogP contribution in [0.25, 0.3) is 0 Å². The van der Waals surface area contributed by atoms with Crippen LogP contribution in [0.4, 0.5) is 15.0 Å². The molecule has 33 heavy (non-hydrogen) atoms. The minimum Gasteiger partial charge on any atom is -0.331 e. The highest BCUT2D eigenvalue weighted by atomic mass is 19.1. The summed E-state index contributed by atoms with van der Waals surface area (Å²) in [5.74, 6) is 10.6. The summed E-state index contributed by atoms with van der Waals surface area (Å²) in [7, 11) is 3.35. The first-order valence-corrected chi connectivity index (χ1v) is 10.5. The first-order chi connectivity index (χ1) is 15.6. The first-order valence-electron chi connectivity index (χ1n) is 10.5. The Hall–Kier alpha value is -3.73. The van der Waals surface area contributed by atoms with E-state index in [1.165, 1.54) is 22.0 Å². The lowest BCUT2D eigenvalue weighted by Gasteiger charge is -2.31. The van der Waals surface area contributed by atoms with E-state index in [0.29, 0.717) is 25.2 Å². The summed E-state index contributed by atoms with van der Waals surface area (Å²) in [6.45, 7) is 4.52. The van der Waals surface area contributed by atoms with E-state index in [9.17, 15) is 14.0 Å². The van der Waals surface area contributed by atoms with Crippen LogP contribution in [0, 0.1) is 5.82 Å². The van der Waals surface area contributed by atoms with Gasteiger partial charge in [0.05, 0.1) is 5.56 Å². The number of hydrogen-bond acceptors (Lipinski definition) is 6. The van der Waals surface area contributed by atoms with Crippen molar-refractivity contribution in [2.24, 2.45) is 16.8 Å². The number of aromatic nitrogens is 1. The number of hydrazine groups is 1. The van der Waals surface area contributed by atoms with Crippen LogP contribution in [0.3, 0.4) is 0 Å². The van der Waals surface area contributed by atoms with Gasteiger partial charge in [0.25, 0.3) is 5.91 Å². The van der Waals surface area contributed by atoms with Crippen molar-refractivity contribution in [1.29, 1.82) is 0 Å². The van der Waals surface area contributed by atoms with Gasteiger partial charge in [-0.05, 0) is 55.7 Å². The van der Waals surface area contributed by atoms with E-state index in [1.54, 1.807) is 37.2 Å². The van der Waals surface area contributed by atoms with Crippen LogP contribution in [-0.4, -0.2) is 64.2 Å². The summed E-state index contributed by atoms with van der Waals surface area (Å²) in [5.41, 5.74) is 1.75. The molecule has 0 unspecified atom stereocenters. The second-order valence-corrected chi connectivity index (χ2v) is 8.27. The SMILES string of the molecule is CC(C)N(N)/C(=N\N)c1cccc(NC(=O)c2cc3c(cc2F)CCN(C(=O)N(C)C)C3)n1. The molecule has 1 aromatic heterocycles. The maximum atomic E-state index is 14.7. The molecule has 0 radical (unpaired) electrons. The fraction of sp³-hybridized carbons (Fsp3) is 0.364. The van der Waals surface area contributed by atoms with Crippen molar-refractivity contribution >= 4 is 23.6 Å². The lowest BCUT2D eigenvalue weighted by molar-refractivity contribution is 0.102. The second-order valence-electron chi connectivity index (χ2n) is 8.27. The summed E-state index contributed by atoms with van der Waals surface area (Å²) < 4.78 is 14.7. The van der Waals surface area contributed by atoms with Gasteiger partial charge in [0.2, 0.25) is 0 Å². The molecule has 11 heteroatoms. The Kier molecular flexibility index (Phi) is 7.12. The maximum absolute atomic E-state index is 14.7. The maximum Gasteiger partial charge on any atom is 0.319 e. The highest BCUT2D eigenvalue weighted by Crippen LogP contribution is 2.24. The number of amides is 3. The number of pyridine rings is 1. The van der Waals surface area contributed by atoms with E-state index in [2.05, 4.69) is 15.4 Å². The number of carbonyl (C=O) groups excluding carboxylic acids is 2. The Bertz CT molecular complexity index is 1090. The molecule has 3 rings (SSSR count). The molecule has 1 aromatic carbocycles. The summed E-state index contributed by atoms with van der Waals surface area (Å²) in [6, 6.07) is 7.51. The predicted octanol–water partition coefficient (Wildman–Crippen LogP) is 1.72. The fourth-order valence-electron chi connectivity index (χ4n) is 3.52. The van der Waals surface area contributed by atoms with E-state index in [1.807, 2.05) is 13.8 Å². The van der Waals surface area contributed by atoms with Gasteiger partial charge in [0.1, 0.15) is 17.3 Å². The molecule has 0 saturated carbocycles. The number of nitrogens with one attached hydrogen (secondary N) is 1. The summed E-state index contributed by atoms with van der Waals surface area (Å²) >= 11 is 0. The average molecular weight is 457 g/mol. The number of nitrogens with zero attached hydrogens (tertiary/aromatic N) is 5. The minimum absolute atomic E-state index is 0.0871.